The van der Waals surface area contributed by atoms with Gasteiger partial charge in [0.2, 0.25) is 0 Å². The van der Waals surface area contributed by atoms with Crippen LogP contribution in [0.25, 0.3) is 0 Å². The van der Waals surface area contributed by atoms with Gasteiger partial charge in [0.15, 0.2) is 0 Å². The summed E-state index contributed by atoms with van der Waals surface area (Å²) >= 11 is 0. The van der Waals surface area contributed by atoms with Gasteiger partial charge in [-0.25, -0.2) is 4.39 Å². The summed E-state index contributed by atoms with van der Waals surface area (Å²) in [6.07, 6.45) is 1.34. The Hall–Kier alpha value is -1.67. The molecular weight excluding hydrogens is 227 g/mol. The molecule has 0 bridgehead atoms. The summed E-state index contributed by atoms with van der Waals surface area (Å²) in [5.74, 6) is -0.234. The van der Waals surface area contributed by atoms with Crippen molar-refractivity contribution in [2.24, 2.45) is 0 Å². The third-order valence-corrected chi connectivity index (χ3v) is 3.86. The predicted octanol–water partition coefficient (Wildman–Crippen LogP) is 3.32. The van der Waals surface area contributed by atoms with Crippen LogP contribution in [0.1, 0.15) is 28.7 Å². The van der Waals surface area contributed by atoms with Crippen LogP contribution >= 0.6 is 0 Å². The number of rotatable bonds is 1. The number of halogens is 1. The zero-order valence-electron chi connectivity index (χ0n) is 10.3. The number of aliphatic hydroxyl groups is 1. The largest absolute Gasteiger partial charge is 0.380 e. The Labute approximate surface area is 106 Å². The van der Waals surface area contributed by atoms with E-state index in [2.05, 4.69) is 0 Å². The van der Waals surface area contributed by atoms with Gasteiger partial charge in [0.05, 0.1) is 0 Å². The fourth-order valence-corrected chi connectivity index (χ4v) is 2.94. The summed E-state index contributed by atoms with van der Waals surface area (Å²) in [6.45, 7) is 1.99. The molecule has 2 aromatic carbocycles. The molecule has 0 saturated heterocycles. The molecular formula is C16H15FO. The second-order valence-electron chi connectivity index (χ2n) is 4.98. The summed E-state index contributed by atoms with van der Waals surface area (Å²) in [5, 5.41) is 11.0. The minimum Gasteiger partial charge on any atom is -0.380 e. The molecule has 1 aliphatic rings. The lowest BCUT2D eigenvalue weighted by atomic mass is 9.85. The van der Waals surface area contributed by atoms with E-state index in [1.54, 1.807) is 6.07 Å². The first-order valence-electron chi connectivity index (χ1n) is 6.19. The van der Waals surface area contributed by atoms with Gasteiger partial charge in [-0.15, -0.1) is 0 Å². The highest BCUT2D eigenvalue weighted by molar-refractivity contribution is 5.47. The van der Waals surface area contributed by atoms with Crippen LogP contribution in [0.4, 0.5) is 4.39 Å². The van der Waals surface area contributed by atoms with Gasteiger partial charge in [-0.1, -0.05) is 30.3 Å². The molecule has 0 spiro atoms. The quantitative estimate of drug-likeness (QED) is 0.813. The fraction of sp³-hybridized carbons (Fsp3) is 0.250. The number of fused-ring (bicyclic) bond motifs is 1. The standard InChI is InChI=1S/C16H15FO/c1-11-4-2-3-5-14(11)16(18)9-8-12-10-13(17)6-7-15(12)16/h2-7,10,18H,8-9H2,1H3. The monoisotopic (exact) mass is 242 g/mol. The Morgan fingerprint density at radius 2 is 1.89 bits per heavy atom. The molecule has 1 nitrogen and oxygen atoms in total. The molecule has 0 heterocycles. The van der Waals surface area contributed by atoms with Gasteiger partial charge in [-0.05, 0) is 54.2 Å². The van der Waals surface area contributed by atoms with Crippen LogP contribution in [-0.4, -0.2) is 5.11 Å². The van der Waals surface area contributed by atoms with Gasteiger partial charge < -0.3 is 5.11 Å². The summed E-state index contributed by atoms with van der Waals surface area (Å²) in [7, 11) is 0. The first-order chi connectivity index (χ1) is 8.61. The molecule has 0 saturated carbocycles. The molecule has 0 aromatic heterocycles. The number of hydrogen-bond donors (Lipinski definition) is 1. The van der Waals surface area contributed by atoms with E-state index in [1.165, 1.54) is 12.1 Å². The summed E-state index contributed by atoms with van der Waals surface area (Å²) in [5.41, 5.74) is 2.79. The van der Waals surface area contributed by atoms with Crippen LogP contribution in [0.15, 0.2) is 42.5 Å². The van der Waals surface area contributed by atoms with Crippen molar-refractivity contribution < 1.29 is 9.50 Å². The molecule has 0 amide bonds. The van der Waals surface area contributed by atoms with E-state index in [9.17, 15) is 9.50 Å². The Morgan fingerprint density at radius 3 is 2.67 bits per heavy atom. The van der Waals surface area contributed by atoms with Crippen molar-refractivity contribution in [1.82, 2.24) is 0 Å². The van der Waals surface area contributed by atoms with Gasteiger partial charge >= 0.3 is 0 Å². The minimum absolute atomic E-state index is 0.234. The Kier molecular flexibility index (Phi) is 2.49. The van der Waals surface area contributed by atoms with Gasteiger partial charge in [0, 0.05) is 0 Å². The highest BCUT2D eigenvalue weighted by atomic mass is 19.1. The van der Waals surface area contributed by atoms with E-state index < -0.39 is 5.60 Å². The van der Waals surface area contributed by atoms with Crippen LogP contribution in [0, 0.1) is 12.7 Å². The molecule has 0 fully saturated rings. The lowest BCUT2D eigenvalue weighted by molar-refractivity contribution is 0.0822. The SMILES string of the molecule is Cc1ccccc1C1(O)CCc2cc(F)ccc21. The van der Waals surface area contributed by atoms with E-state index in [0.717, 1.165) is 28.7 Å². The van der Waals surface area contributed by atoms with Crippen molar-refractivity contribution in [3.05, 3.63) is 70.5 Å². The van der Waals surface area contributed by atoms with Crippen molar-refractivity contribution in [1.29, 1.82) is 0 Å². The van der Waals surface area contributed by atoms with Crippen LogP contribution in [0.5, 0.6) is 0 Å². The highest BCUT2D eigenvalue weighted by Gasteiger charge is 2.39. The molecule has 92 valence electrons. The molecule has 2 heteroatoms. The molecule has 1 unspecified atom stereocenters. The van der Waals surface area contributed by atoms with Gasteiger partial charge in [0.1, 0.15) is 11.4 Å². The molecule has 3 rings (SSSR count). The zero-order valence-corrected chi connectivity index (χ0v) is 10.3. The minimum atomic E-state index is -0.964. The average Bonchev–Trinajstić information content (AvgIpc) is 2.68. The summed E-state index contributed by atoms with van der Waals surface area (Å²) < 4.78 is 13.2. The van der Waals surface area contributed by atoms with E-state index in [4.69, 9.17) is 0 Å². The van der Waals surface area contributed by atoms with Gasteiger partial charge in [0.25, 0.3) is 0 Å². The lowest BCUT2D eigenvalue weighted by Crippen LogP contribution is -2.24. The molecule has 1 aliphatic carbocycles. The average molecular weight is 242 g/mol. The number of hydrogen-bond acceptors (Lipinski definition) is 1. The van der Waals surface area contributed by atoms with Crippen LogP contribution in [-0.2, 0) is 12.0 Å². The van der Waals surface area contributed by atoms with Crippen molar-refractivity contribution in [3.63, 3.8) is 0 Å². The van der Waals surface area contributed by atoms with Crippen LogP contribution in [0.2, 0.25) is 0 Å². The van der Waals surface area contributed by atoms with Crippen LogP contribution < -0.4 is 0 Å². The van der Waals surface area contributed by atoms with E-state index >= 15 is 0 Å². The normalized spacial score (nSPS) is 21.9. The second-order valence-corrected chi connectivity index (χ2v) is 4.98. The highest BCUT2D eigenvalue weighted by Crippen LogP contribution is 2.43. The molecule has 1 N–H and O–H groups in total. The lowest BCUT2D eigenvalue weighted by Gasteiger charge is -2.26. The number of aryl methyl sites for hydroxylation is 2. The molecule has 2 aromatic rings. The Morgan fingerprint density at radius 1 is 1.11 bits per heavy atom. The maximum absolute atomic E-state index is 13.2. The Bertz CT molecular complexity index is 606. The zero-order chi connectivity index (χ0) is 12.8. The smallest absolute Gasteiger partial charge is 0.123 e. The first kappa shape index (κ1) is 11.4. The van der Waals surface area contributed by atoms with E-state index in [0.29, 0.717) is 6.42 Å². The second kappa shape index (κ2) is 3.92. The fourth-order valence-electron chi connectivity index (χ4n) is 2.94. The maximum Gasteiger partial charge on any atom is 0.123 e. The van der Waals surface area contributed by atoms with Crippen molar-refractivity contribution in [3.8, 4) is 0 Å². The third kappa shape index (κ3) is 1.57. The van der Waals surface area contributed by atoms with Crippen molar-refractivity contribution >= 4 is 0 Å². The van der Waals surface area contributed by atoms with Gasteiger partial charge in [-0.3, -0.25) is 0 Å². The van der Waals surface area contributed by atoms with Crippen LogP contribution in [0.3, 0.4) is 0 Å². The van der Waals surface area contributed by atoms with E-state index in [-0.39, 0.29) is 5.82 Å². The summed E-state index contributed by atoms with van der Waals surface area (Å²) in [4.78, 5) is 0. The predicted molar refractivity (Wildman–Crippen MR) is 68.9 cm³/mol. The van der Waals surface area contributed by atoms with Gasteiger partial charge in [-0.2, -0.15) is 0 Å². The molecule has 1 atom stereocenters. The third-order valence-electron chi connectivity index (χ3n) is 3.86. The Balaban J connectivity index is 2.18. The molecule has 0 radical (unpaired) electrons. The molecule has 18 heavy (non-hydrogen) atoms. The summed E-state index contributed by atoms with van der Waals surface area (Å²) in [6, 6.07) is 12.5. The molecule has 0 aliphatic heterocycles. The number of benzene rings is 2. The topological polar surface area (TPSA) is 20.2 Å². The maximum atomic E-state index is 13.2. The van der Waals surface area contributed by atoms with Crippen molar-refractivity contribution in [2.45, 2.75) is 25.4 Å². The van der Waals surface area contributed by atoms with E-state index in [1.807, 2.05) is 31.2 Å². The first-order valence-corrected chi connectivity index (χ1v) is 6.19. The van der Waals surface area contributed by atoms with Crippen molar-refractivity contribution in [2.75, 3.05) is 0 Å².